The minimum absolute atomic E-state index is 0.395. The van der Waals surface area contributed by atoms with Crippen molar-refractivity contribution in [2.24, 2.45) is 5.92 Å². The molecule has 0 saturated heterocycles. The number of nitrogens with one attached hydrogen (secondary N) is 1. The van der Waals surface area contributed by atoms with Gasteiger partial charge in [-0.1, -0.05) is 33.3 Å². The Labute approximate surface area is 122 Å². The monoisotopic (exact) mass is 277 g/mol. The van der Waals surface area contributed by atoms with Gasteiger partial charge in [0, 0.05) is 12.5 Å². The second-order valence-electron chi connectivity index (χ2n) is 5.62. The zero-order valence-electron chi connectivity index (χ0n) is 12.9. The minimum atomic E-state index is 0.395. The summed E-state index contributed by atoms with van der Waals surface area (Å²) in [7, 11) is 0. The Bertz CT molecular complexity index is 419. The molecule has 20 heavy (non-hydrogen) atoms. The Morgan fingerprint density at radius 3 is 2.60 bits per heavy atom. The number of hydrogen-bond acceptors (Lipinski definition) is 3. The van der Waals surface area contributed by atoms with Crippen molar-refractivity contribution in [3.8, 4) is 11.5 Å². The van der Waals surface area contributed by atoms with Crippen LogP contribution in [-0.4, -0.2) is 19.8 Å². The smallest absolute Gasteiger partial charge is 0.161 e. The molecule has 0 spiro atoms. The molecule has 0 fully saturated rings. The highest BCUT2D eigenvalue weighted by atomic mass is 16.5. The van der Waals surface area contributed by atoms with E-state index in [1.807, 2.05) is 0 Å². The molecule has 3 nitrogen and oxygen atoms in total. The summed E-state index contributed by atoms with van der Waals surface area (Å²) in [5.41, 5.74) is 1.30. The molecule has 2 unspecified atom stereocenters. The summed E-state index contributed by atoms with van der Waals surface area (Å²) in [5, 5.41) is 3.59. The van der Waals surface area contributed by atoms with E-state index in [-0.39, 0.29) is 0 Å². The van der Waals surface area contributed by atoms with Crippen molar-refractivity contribution in [2.45, 2.75) is 46.1 Å². The Kier molecular flexibility index (Phi) is 5.72. The average molecular weight is 277 g/mol. The highest BCUT2D eigenvalue weighted by molar-refractivity contribution is 5.44. The van der Waals surface area contributed by atoms with Crippen molar-refractivity contribution in [3.63, 3.8) is 0 Å². The van der Waals surface area contributed by atoms with Crippen LogP contribution in [0, 0.1) is 5.92 Å². The van der Waals surface area contributed by atoms with Gasteiger partial charge in [0.1, 0.15) is 0 Å². The van der Waals surface area contributed by atoms with Gasteiger partial charge < -0.3 is 14.8 Å². The highest BCUT2D eigenvalue weighted by Gasteiger charge is 2.17. The van der Waals surface area contributed by atoms with Crippen molar-refractivity contribution in [1.82, 2.24) is 5.32 Å². The first kappa shape index (κ1) is 15.2. The molecule has 1 aliphatic heterocycles. The van der Waals surface area contributed by atoms with Crippen molar-refractivity contribution in [1.29, 1.82) is 0 Å². The first-order valence-electron chi connectivity index (χ1n) is 7.87. The maximum atomic E-state index is 5.80. The third-order valence-corrected chi connectivity index (χ3v) is 3.96. The summed E-state index contributed by atoms with van der Waals surface area (Å²) in [4.78, 5) is 0. The lowest BCUT2D eigenvalue weighted by molar-refractivity contribution is 0.296. The van der Waals surface area contributed by atoms with Crippen LogP contribution in [0.3, 0.4) is 0 Å². The zero-order chi connectivity index (χ0) is 14.4. The van der Waals surface area contributed by atoms with E-state index in [9.17, 15) is 0 Å². The first-order chi connectivity index (χ1) is 9.74. The molecule has 112 valence electrons. The van der Waals surface area contributed by atoms with E-state index in [2.05, 4.69) is 44.3 Å². The molecular formula is C17H27NO2. The van der Waals surface area contributed by atoms with Crippen LogP contribution < -0.4 is 14.8 Å². The second kappa shape index (κ2) is 7.53. The van der Waals surface area contributed by atoms with E-state index in [0.29, 0.717) is 6.04 Å². The lowest BCUT2D eigenvalue weighted by atomic mass is 9.94. The maximum Gasteiger partial charge on any atom is 0.161 e. The molecule has 1 aliphatic rings. The average Bonchev–Trinajstić information content (AvgIpc) is 2.71. The van der Waals surface area contributed by atoms with E-state index < -0.39 is 0 Å². The van der Waals surface area contributed by atoms with Gasteiger partial charge in [-0.15, -0.1) is 0 Å². The fourth-order valence-electron chi connectivity index (χ4n) is 2.55. The van der Waals surface area contributed by atoms with E-state index in [4.69, 9.17) is 9.47 Å². The van der Waals surface area contributed by atoms with E-state index in [1.54, 1.807) is 0 Å². The lowest BCUT2D eigenvalue weighted by Crippen LogP contribution is -2.22. The highest BCUT2D eigenvalue weighted by Crippen LogP contribution is 2.34. The molecule has 1 aromatic carbocycles. The van der Waals surface area contributed by atoms with Gasteiger partial charge in [-0.25, -0.2) is 0 Å². The minimum Gasteiger partial charge on any atom is -0.490 e. The molecule has 2 rings (SSSR count). The molecule has 1 aromatic rings. The SMILES string of the molecule is CCNC(CC(C)CC)c1ccc2c(c1)OCCCO2. The third-order valence-electron chi connectivity index (χ3n) is 3.96. The van der Waals surface area contributed by atoms with Crippen molar-refractivity contribution >= 4 is 0 Å². The Morgan fingerprint density at radius 2 is 1.90 bits per heavy atom. The van der Waals surface area contributed by atoms with Gasteiger partial charge >= 0.3 is 0 Å². The Hall–Kier alpha value is -1.22. The molecule has 0 bridgehead atoms. The molecule has 2 atom stereocenters. The van der Waals surface area contributed by atoms with Gasteiger partial charge in [0.25, 0.3) is 0 Å². The van der Waals surface area contributed by atoms with Gasteiger partial charge in [-0.3, -0.25) is 0 Å². The summed E-state index contributed by atoms with van der Waals surface area (Å²) in [6.45, 7) is 9.20. The van der Waals surface area contributed by atoms with Crippen LogP contribution in [-0.2, 0) is 0 Å². The fourth-order valence-corrected chi connectivity index (χ4v) is 2.55. The van der Waals surface area contributed by atoms with E-state index in [1.165, 1.54) is 12.0 Å². The van der Waals surface area contributed by atoms with Crippen LogP contribution in [0.4, 0.5) is 0 Å². The van der Waals surface area contributed by atoms with Crippen LogP contribution in [0.25, 0.3) is 0 Å². The third kappa shape index (κ3) is 3.89. The van der Waals surface area contributed by atoms with Gasteiger partial charge in [-0.05, 0) is 36.6 Å². The number of hydrogen-bond donors (Lipinski definition) is 1. The van der Waals surface area contributed by atoms with Crippen molar-refractivity contribution in [3.05, 3.63) is 23.8 Å². The van der Waals surface area contributed by atoms with Crippen molar-refractivity contribution in [2.75, 3.05) is 19.8 Å². The summed E-state index contributed by atoms with van der Waals surface area (Å²) >= 11 is 0. The Morgan fingerprint density at radius 1 is 1.15 bits per heavy atom. The van der Waals surface area contributed by atoms with Gasteiger partial charge in [0.2, 0.25) is 0 Å². The van der Waals surface area contributed by atoms with Gasteiger partial charge in [-0.2, -0.15) is 0 Å². The molecule has 0 aromatic heterocycles. The predicted octanol–water partition coefficient (Wildman–Crippen LogP) is 3.93. The number of fused-ring (bicyclic) bond motifs is 1. The molecule has 0 saturated carbocycles. The largest absolute Gasteiger partial charge is 0.490 e. The summed E-state index contributed by atoms with van der Waals surface area (Å²) in [6, 6.07) is 6.77. The molecule has 0 aliphatic carbocycles. The van der Waals surface area contributed by atoms with Gasteiger partial charge in [0.15, 0.2) is 11.5 Å². The van der Waals surface area contributed by atoms with Crippen LogP contribution in [0.15, 0.2) is 18.2 Å². The van der Waals surface area contributed by atoms with Crippen LogP contribution in [0.2, 0.25) is 0 Å². The normalized spacial score (nSPS) is 17.4. The number of ether oxygens (including phenoxy) is 2. The standard InChI is InChI=1S/C17H27NO2/c1-4-13(3)11-15(18-5-2)14-7-8-16-17(12-14)20-10-6-9-19-16/h7-8,12-13,15,18H,4-6,9-11H2,1-3H3. The topological polar surface area (TPSA) is 30.5 Å². The van der Waals surface area contributed by atoms with Crippen LogP contribution in [0.5, 0.6) is 11.5 Å². The second-order valence-corrected chi connectivity index (χ2v) is 5.62. The van der Waals surface area contributed by atoms with E-state index >= 15 is 0 Å². The van der Waals surface area contributed by atoms with Crippen molar-refractivity contribution < 1.29 is 9.47 Å². The summed E-state index contributed by atoms with van der Waals surface area (Å²) in [5.74, 6) is 2.49. The maximum absolute atomic E-state index is 5.80. The quantitative estimate of drug-likeness (QED) is 0.854. The van der Waals surface area contributed by atoms with E-state index in [0.717, 1.165) is 50.0 Å². The molecule has 0 radical (unpaired) electrons. The molecule has 3 heteroatoms. The van der Waals surface area contributed by atoms with Gasteiger partial charge in [0.05, 0.1) is 13.2 Å². The zero-order valence-corrected chi connectivity index (χ0v) is 12.9. The first-order valence-corrected chi connectivity index (χ1v) is 7.87. The Balaban J connectivity index is 2.17. The molecule has 0 amide bonds. The number of rotatable bonds is 6. The molecular weight excluding hydrogens is 250 g/mol. The summed E-state index contributed by atoms with van der Waals surface area (Å²) < 4.78 is 11.5. The fraction of sp³-hybridized carbons (Fsp3) is 0.647. The number of benzene rings is 1. The molecule has 1 N–H and O–H groups in total. The predicted molar refractivity (Wildman–Crippen MR) is 82.5 cm³/mol. The lowest BCUT2D eigenvalue weighted by Gasteiger charge is -2.22. The summed E-state index contributed by atoms with van der Waals surface area (Å²) in [6.07, 6.45) is 3.32. The van der Waals surface area contributed by atoms with Crippen LogP contribution >= 0.6 is 0 Å². The van der Waals surface area contributed by atoms with Crippen LogP contribution in [0.1, 0.15) is 51.6 Å². The molecule has 1 heterocycles.